The molecule has 0 saturated heterocycles. The summed E-state index contributed by atoms with van der Waals surface area (Å²) in [5.74, 6) is -1.26. The van der Waals surface area contributed by atoms with Crippen molar-refractivity contribution in [3.8, 4) is 0 Å². The van der Waals surface area contributed by atoms with E-state index in [1.165, 1.54) is 64.2 Å². The number of unbranched alkanes of at least 4 members (excludes halogenated alkanes) is 12. The predicted molar refractivity (Wildman–Crippen MR) is 132 cm³/mol. The van der Waals surface area contributed by atoms with Crippen LogP contribution in [0.1, 0.15) is 102 Å². The molecule has 6 nitrogen and oxygen atoms in total. The molecule has 0 spiro atoms. The van der Waals surface area contributed by atoms with Crippen molar-refractivity contribution in [3.05, 3.63) is 36.0 Å². The molecular weight excluding hydrogens is 416 g/mol. The minimum atomic E-state index is -0.895. The Kier molecular flexibility index (Phi) is 13.3. The number of rotatable bonds is 17. The van der Waals surface area contributed by atoms with Crippen molar-refractivity contribution in [1.82, 2.24) is 4.98 Å². The van der Waals surface area contributed by atoms with Crippen LogP contribution in [0.25, 0.3) is 10.9 Å². The molecule has 6 heteroatoms. The lowest BCUT2D eigenvalue weighted by Crippen LogP contribution is -2.34. The van der Waals surface area contributed by atoms with Crippen molar-refractivity contribution in [1.29, 1.82) is 0 Å². The molecule has 3 N–H and O–H groups in total. The van der Waals surface area contributed by atoms with Gasteiger partial charge in [-0.2, -0.15) is 0 Å². The largest absolute Gasteiger partial charge is 0.372 e. The highest BCUT2D eigenvalue weighted by atomic mass is 17.2. The minimum absolute atomic E-state index is 0.253. The van der Waals surface area contributed by atoms with Crippen LogP contribution in [-0.2, 0) is 25.8 Å². The van der Waals surface area contributed by atoms with E-state index in [4.69, 9.17) is 5.73 Å². The lowest BCUT2D eigenvalue weighted by Gasteiger charge is -2.09. The number of carbonyl (C=O) groups is 2. The number of benzene rings is 1. The summed E-state index contributed by atoms with van der Waals surface area (Å²) >= 11 is 0. The molecule has 2 aromatic rings. The van der Waals surface area contributed by atoms with Gasteiger partial charge in [0.05, 0.1) is 6.42 Å². The topological polar surface area (TPSA) is 94.4 Å². The fourth-order valence-electron chi connectivity index (χ4n) is 4.10. The first kappa shape index (κ1) is 26.9. The maximum Gasteiger partial charge on any atom is 0.372 e. The molecule has 1 unspecified atom stereocenters. The minimum Gasteiger partial charge on any atom is -0.361 e. The first-order valence-electron chi connectivity index (χ1n) is 12.8. The summed E-state index contributed by atoms with van der Waals surface area (Å²) in [5, 5.41) is 1.01. The molecule has 0 fully saturated rings. The lowest BCUT2D eigenvalue weighted by atomic mass is 10.0. The molecular formula is C27H42N2O4. The van der Waals surface area contributed by atoms with Crippen LogP contribution in [0.3, 0.4) is 0 Å². The molecule has 0 aliphatic carbocycles. The van der Waals surface area contributed by atoms with Gasteiger partial charge in [-0.15, -0.1) is 0 Å². The second-order valence-corrected chi connectivity index (χ2v) is 9.02. The Morgan fingerprint density at radius 3 is 2.06 bits per heavy atom. The van der Waals surface area contributed by atoms with Crippen LogP contribution in [-0.4, -0.2) is 23.0 Å². The number of nitrogens with one attached hydrogen (secondary N) is 1. The Hall–Kier alpha value is -2.34. The smallest absolute Gasteiger partial charge is 0.361 e. The Labute approximate surface area is 198 Å². The van der Waals surface area contributed by atoms with Crippen LogP contribution >= 0.6 is 0 Å². The highest BCUT2D eigenvalue weighted by Crippen LogP contribution is 2.19. The van der Waals surface area contributed by atoms with Gasteiger partial charge >= 0.3 is 11.9 Å². The molecule has 0 bridgehead atoms. The third-order valence-electron chi connectivity index (χ3n) is 6.12. The van der Waals surface area contributed by atoms with Gasteiger partial charge in [-0.1, -0.05) is 102 Å². The van der Waals surface area contributed by atoms with Crippen LogP contribution in [0.15, 0.2) is 30.5 Å². The average Bonchev–Trinajstić information content (AvgIpc) is 3.23. The molecule has 0 aliphatic heterocycles. The van der Waals surface area contributed by atoms with Crippen molar-refractivity contribution >= 4 is 22.8 Å². The predicted octanol–water partition coefficient (Wildman–Crippen LogP) is 6.52. The number of aromatic nitrogens is 1. The third-order valence-corrected chi connectivity index (χ3v) is 6.12. The summed E-state index contributed by atoms with van der Waals surface area (Å²) in [6, 6.07) is 6.90. The van der Waals surface area contributed by atoms with E-state index < -0.39 is 18.0 Å². The average molecular weight is 459 g/mol. The number of H-pyrrole nitrogens is 1. The Morgan fingerprint density at radius 1 is 0.848 bits per heavy atom. The molecule has 33 heavy (non-hydrogen) atoms. The number of fused-ring (bicyclic) bond motifs is 1. The summed E-state index contributed by atoms with van der Waals surface area (Å²) < 4.78 is 0. The number of hydrogen-bond donors (Lipinski definition) is 2. The molecule has 2 rings (SSSR count). The van der Waals surface area contributed by atoms with Crippen molar-refractivity contribution < 1.29 is 19.4 Å². The summed E-state index contributed by atoms with van der Waals surface area (Å²) in [6.07, 6.45) is 18.6. The molecule has 1 heterocycles. The van der Waals surface area contributed by atoms with E-state index >= 15 is 0 Å². The van der Waals surface area contributed by atoms with Crippen LogP contribution in [0.4, 0.5) is 0 Å². The molecule has 0 amide bonds. The van der Waals surface area contributed by atoms with E-state index in [-0.39, 0.29) is 6.42 Å². The Morgan fingerprint density at radius 2 is 1.42 bits per heavy atom. The normalized spacial score (nSPS) is 12.1. The summed E-state index contributed by atoms with van der Waals surface area (Å²) in [7, 11) is 0. The quantitative estimate of drug-likeness (QED) is 0.160. The van der Waals surface area contributed by atoms with Gasteiger partial charge in [-0.25, -0.2) is 19.4 Å². The van der Waals surface area contributed by atoms with E-state index in [1.807, 2.05) is 30.5 Å². The molecule has 1 aromatic carbocycles. The van der Waals surface area contributed by atoms with Crippen molar-refractivity contribution in [3.63, 3.8) is 0 Å². The second-order valence-electron chi connectivity index (χ2n) is 9.02. The maximum atomic E-state index is 12.1. The number of para-hydroxylation sites is 1. The molecule has 184 valence electrons. The van der Waals surface area contributed by atoms with Gasteiger partial charge in [0.2, 0.25) is 0 Å². The Bertz CT molecular complexity index is 817. The number of carbonyl (C=O) groups excluding carboxylic acids is 2. The number of hydrogen-bond acceptors (Lipinski definition) is 5. The van der Waals surface area contributed by atoms with Gasteiger partial charge in [0, 0.05) is 23.5 Å². The van der Waals surface area contributed by atoms with Crippen LogP contribution in [0, 0.1) is 0 Å². The molecule has 0 saturated carbocycles. The first-order chi connectivity index (χ1) is 16.1. The van der Waals surface area contributed by atoms with E-state index in [0.717, 1.165) is 35.7 Å². The molecule has 1 atom stereocenters. The van der Waals surface area contributed by atoms with Gasteiger partial charge in [0.1, 0.15) is 6.04 Å². The molecule has 1 aromatic heterocycles. The zero-order chi connectivity index (χ0) is 23.7. The van der Waals surface area contributed by atoms with E-state index in [0.29, 0.717) is 6.42 Å². The van der Waals surface area contributed by atoms with Gasteiger partial charge in [-0.05, 0) is 18.1 Å². The van der Waals surface area contributed by atoms with E-state index in [2.05, 4.69) is 21.7 Å². The van der Waals surface area contributed by atoms with Gasteiger partial charge in [-0.3, -0.25) is 0 Å². The second kappa shape index (κ2) is 16.3. The lowest BCUT2D eigenvalue weighted by molar-refractivity contribution is -0.260. The summed E-state index contributed by atoms with van der Waals surface area (Å²) in [4.78, 5) is 36.4. The van der Waals surface area contributed by atoms with Crippen LogP contribution in [0.5, 0.6) is 0 Å². The monoisotopic (exact) mass is 458 g/mol. The Balaban J connectivity index is 1.45. The third kappa shape index (κ3) is 10.9. The SMILES string of the molecule is CCCCCCCCCCCCCCCC(=O)OOC(=O)C(N)Cc1c[nH]c2ccccc12. The summed E-state index contributed by atoms with van der Waals surface area (Å²) in [6.45, 7) is 2.25. The van der Waals surface area contributed by atoms with Crippen LogP contribution in [0.2, 0.25) is 0 Å². The van der Waals surface area contributed by atoms with Gasteiger partial charge in [0.25, 0.3) is 0 Å². The van der Waals surface area contributed by atoms with E-state index in [1.54, 1.807) is 0 Å². The van der Waals surface area contributed by atoms with Crippen molar-refractivity contribution in [2.45, 2.75) is 109 Å². The highest BCUT2D eigenvalue weighted by molar-refractivity contribution is 5.84. The number of aromatic amines is 1. The zero-order valence-electron chi connectivity index (χ0n) is 20.3. The fraction of sp³-hybridized carbons (Fsp3) is 0.630. The first-order valence-corrected chi connectivity index (χ1v) is 12.8. The van der Waals surface area contributed by atoms with Crippen molar-refractivity contribution in [2.75, 3.05) is 0 Å². The molecule has 0 radical (unpaired) electrons. The standard InChI is InChI=1S/C27H42N2O4/c1-2-3-4-5-6-7-8-9-10-11-12-13-14-19-26(30)32-33-27(31)24(28)20-22-21-29-25-18-16-15-17-23(22)25/h15-18,21,24,29H,2-14,19-20,28H2,1H3. The molecule has 0 aliphatic rings. The zero-order valence-corrected chi connectivity index (χ0v) is 20.3. The van der Waals surface area contributed by atoms with Crippen LogP contribution < -0.4 is 5.73 Å². The fourth-order valence-corrected chi connectivity index (χ4v) is 4.10. The van der Waals surface area contributed by atoms with Gasteiger partial charge in [0.15, 0.2) is 0 Å². The number of nitrogens with two attached hydrogens (primary N) is 1. The highest BCUT2D eigenvalue weighted by Gasteiger charge is 2.20. The van der Waals surface area contributed by atoms with Crippen molar-refractivity contribution in [2.24, 2.45) is 5.73 Å². The summed E-state index contributed by atoms with van der Waals surface area (Å²) in [5.41, 5.74) is 7.84. The van der Waals surface area contributed by atoms with E-state index in [9.17, 15) is 9.59 Å². The van der Waals surface area contributed by atoms with Gasteiger partial charge < -0.3 is 10.7 Å². The maximum absolute atomic E-state index is 12.1.